The van der Waals surface area contributed by atoms with Gasteiger partial charge < -0.3 is 15.4 Å². The summed E-state index contributed by atoms with van der Waals surface area (Å²) in [6, 6.07) is 23.0. The highest BCUT2D eigenvalue weighted by Gasteiger charge is 2.27. The molecule has 220 valence electrons. The maximum Gasteiger partial charge on any atom is 0.327 e. The van der Waals surface area contributed by atoms with Crippen molar-refractivity contribution in [3.63, 3.8) is 0 Å². The third-order valence-corrected chi connectivity index (χ3v) is 8.39. The summed E-state index contributed by atoms with van der Waals surface area (Å²) in [7, 11) is -4.33. The van der Waals surface area contributed by atoms with Crippen LogP contribution in [-0.2, 0) is 19.1 Å². The van der Waals surface area contributed by atoms with Gasteiger partial charge in [0.2, 0.25) is 0 Å². The smallest absolute Gasteiger partial charge is 0.327 e. The summed E-state index contributed by atoms with van der Waals surface area (Å²) < 4.78 is 37.5. The van der Waals surface area contributed by atoms with Crippen molar-refractivity contribution in [2.75, 3.05) is 23.8 Å². The Morgan fingerprint density at radius 1 is 0.881 bits per heavy atom. The second-order valence-corrected chi connectivity index (χ2v) is 12.9. The summed E-state index contributed by atoms with van der Waals surface area (Å²) in [4.78, 5) is 30.6. The van der Waals surface area contributed by atoms with Gasteiger partial charge in [-0.05, 0) is 87.9 Å². The van der Waals surface area contributed by atoms with Crippen LogP contribution in [0.4, 0.5) is 16.2 Å². The molecule has 3 amide bonds. The molecule has 0 unspecified atom stereocenters. The van der Waals surface area contributed by atoms with Crippen LogP contribution < -0.4 is 10.6 Å². The Kier molecular flexibility index (Phi) is 10.1. The second-order valence-electron chi connectivity index (χ2n) is 10.1. The quantitative estimate of drug-likeness (QED) is 0.149. The average Bonchev–Trinajstić information content (AvgIpc) is 3.47. The maximum atomic E-state index is 13.4. The van der Waals surface area contributed by atoms with Crippen molar-refractivity contribution < 1.29 is 27.0 Å². The van der Waals surface area contributed by atoms with E-state index >= 15 is 0 Å². The number of thiophene rings is 1. The molecule has 0 saturated heterocycles. The number of ether oxygens (including phenoxy) is 1. The number of nitrogens with one attached hydrogen (secondary N) is 2. The molecule has 2 N–H and O–H groups in total. The van der Waals surface area contributed by atoms with E-state index in [4.69, 9.17) is 9.02 Å². The number of hydrogen-bond acceptors (Lipinski definition) is 8. The lowest BCUT2D eigenvalue weighted by Gasteiger charge is -2.23. The van der Waals surface area contributed by atoms with Crippen molar-refractivity contribution in [2.45, 2.75) is 37.0 Å². The molecule has 42 heavy (non-hydrogen) atoms. The van der Waals surface area contributed by atoms with Gasteiger partial charge in [0.25, 0.3) is 5.91 Å². The van der Waals surface area contributed by atoms with Crippen LogP contribution in [0.1, 0.15) is 37.6 Å². The van der Waals surface area contributed by atoms with Crippen LogP contribution in [0.25, 0.3) is 10.6 Å². The lowest BCUT2D eigenvalue weighted by atomic mass is 10.2. The summed E-state index contributed by atoms with van der Waals surface area (Å²) in [5.41, 5.74) is 1.48. The Hall–Kier alpha value is -4.10. The number of rotatable bonds is 11. The minimum atomic E-state index is -4.33. The van der Waals surface area contributed by atoms with Gasteiger partial charge in [-0.3, -0.25) is 9.78 Å². The van der Waals surface area contributed by atoms with Crippen molar-refractivity contribution in [2.24, 2.45) is 0 Å². The fourth-order valence-corrected chi connectivity index (χ4v) is 5.84. The number of benzene rings is 2. The molecule has 12 heteroatoms. The Balaban J connectivity index is 1.47. The first kappa shape index (κ1) is 30.8. The highest BCUT2D eigenvalue weighted by molar-refractivity contribution is 7.89. The third kappa shape index (κ3) is 8.95. The SMILES string of the molecule is CC(C)(C)OCCCN(OS(=O)(=O)c1ccc(-c2ccccn2)s1)C(=O)c1ccc(NC(=O)Nc2ccccc2)cc1. The predicted octanol–water partition coefficient (Wildman–Crippen LogP) is 6.42. The highest BCUT2D eigenvalue weighted by Crippen LogP contribution is 2.31. The zero-order valence-corrected chi connectivity index (χ0v) is 25.1. The van der Waals surface area contributed by atoms with Gasteiger partial charge in [-0.2, -0.15) is 13.5 Å². The van der Waals surface area contributed by atoms with Gasteiger partial charge in [0.05, 0.1) is 22.7 Å². The van der Waals surface area contributed by atoms with Gasteiger partial charge in [-0.25, -0.2) is 4.79 Å². The van der Waals surface area contributed by atoms with Crippen molar-refractivity contribution in [3.05, 3.63) is 96.7 Å². The fourth-order valence-electron chi connectivity index (χ4n) is 3.67. The highest BCUT2D eigenvalue weighted by atomic mass is 32.3. The number of nitrogens with zero attached hydrogens (tertiary/aromatic N) is 2. The number of aromatic nitrogens is 1. The van der Waals surface area contributed by atoms with E-state index in [1.165, 1.54) is 18.2 Å². The maximum absolute atomic E-state index is 13.4. The number of hydrogen-bond donors (Lipinski definition) is 2. The van der Waals surface area contributed by atoms with E-state index in [9.17, 15) is 18.0 Å². The zero-order chi connectivity index (χ0) is 30.2. The summed E-state index contributed by atoms with van der Waals surface area (Å²) in [6.07, 6.45) is 1.96. The first-order valence-electron chi connectivity index (χ1n) is 13.1. The van der Waals surface area contributed by atoms with E-state index in [1.807, 2.05) is 32.9 Å². The summed E-state index contributed by atoms with van der Waals surface area (Å²) in [5.74, 6) is -0.656. The van der Waals surface area contributed by atoms with E-state index in [2.05, 4.69) is 15.6 Å². The number of pyridine rings is 1. The van der Waals surface area contributed by atoms with Gasteiger partial charge >= 0.3 is 16.1 Å². The molecule has 4 aromatic rings. The summed E-state index contributed by atoms with van der Waals surface area (Å²) in [6.45, 7) is 5.97. The first-order chi connectivity index (χ1) is 20.0. The molecule has 2 aromatic carbocycles. The standard InChI is InChI=1S/C30H32N4O6S2/c1-30(2,3)39-21-9-20-34(40-42(37,38)27-18-17-26(41-27)25-12-7-8-19-31-25)28(35)22-13-15-24(16-14-22)33-29(36)32-23-10-5-4-6-11-23/h4-8,10-19H,9,20-21H2,1-3H3,(H2,32,33,36). The molecule has 4 rings (SSSR count). The molecule has 0 aliphatic carbocycles. The lowest BCUT2D eigenvalue weighted by molar-refractivity contribution is -0.0444. The molecule has 0 radical (unpaired) electrons. The molecule has 2 aromatic heterocycles. The Labute approximate surface area is 249 Å². The lowest BCUT2D eigenvalue weighted by Crippen LogP contribution is -2.35. The van der Waals surface area contributed by atoms with Crippen molar-refractivity contribution >= 4 is 44.8 Å². The molecule has 0 atom stereocenters. The average molecular weight is 609 g/mol. The van der Waals surface area contributed by atoms with Crippen LogP contribution in [-0.4, -0.2) is 49.2 Å². The Morgan fingerprint density at radius 2 is 1.55 bits per heavy atom. The number of amides is 3. The van der Waals surface area contributed by atoms with Gasteiger partial charge in [-0.1, -0.05) is 24.3 Å². The van der Waals surface area contributed by atoms with Crippen LogP contribution in [0, 0.1) is 0 Å². The van der Waals surface area contributed by atoms with Gasteiger partial charge in [0.1, 0.15) is 4.21 Å². The van der Waals surface area contributed by atoms with Crippen LogP contribution in [0.5, 0.6) is 0 Å². The van der Waals surface area contributed by atoms with E-state index in [0.29, 0.717) is 35.0 Å². The number of urea groups is 1. The number of hydroxylamine groups is 2. The van der Waals surface area contributed by atoms with E-state index in [-0.39, 0.29) is 16.3 Å². The van der Waals surface area contributed by atoms with Crippen molar-refractivity contribution in [3.8, 4) is 10.6 Å². The summed E-state index contributed by atoms with van der Waals surface area (Å²) in [5, 5.41) is 6.23. The number of para-hydroxylation sites is 1. The normalized spacial score (nSPS) is 11.6. The van der Waals surface area contributed by atoms with Crippen molar-refractivity contribution in [1.29, 1.82) is 0 Å². The minimum Gasteiger partial charge on any atom is -0.376 e. The molecule has 0 bridgehead atoms. The minimum absolute atomic E-state index is 0.0356. The Morgan fingerprint density at radius 3 is 2.19 bits per heavy atom. The first-order valence-corrected chi connectivity index (χ1v) is 15.4. The van der Waals surface area contributed by atoms with Crippen LogP contribution >= 0.6 is 11.3 Å². The molecular formula is C30H32N4O6S2. The second kappa shape index (κ2) is 13.7. The third-order valence-electron chi connectivity index (χ3n) is 5.62. The molecule has 2 heterocycles. The zero-order valence-electron chi connectivity index (χ0n) is 23.4. The Bertz CT molecular complexity index is 1590. The van der Waals surface area contributed by atoms with Crippen molar-refractivity contribution in [1.82, 2.24) is 10.0 Å². The van der Waals surface area contributed by atoms with Crippen LogP contribution in [0.3, 0.4) is 0 Å². The predicted molar refractivity (Wildman–Crippen MR) is 163 cm³/mol. The van der Waals surface area contributed by atoms with Gasteiger partial charge in [-0.15, -0.1) is 15.6 Å². The number of anilines is 2. The summed E-state index contributed by atoms with van der Waals surface area (Å²) >= 11 is 0.998. The van der Waals surface area contributed by atoms with Crippen LogP contribution in [0.15, 0.2) is 95.3 Å². The molecule has 0 aliphatic rings. The van der Waals surface area contributed by atoms with E-state index < -0.39 is 27.7 Å². The molecular weight excluding hydrogens is 576 g/mol. The topological polar surface area (TPSA) is 127 Å². The number of carbonyl (C=O) groups excluding carboxylic acids is 2. The molecule has 10 nitrogen and oxygen atoms in total. The largest absolute Gasteiger partial charge is 0.376 e. The number of carbonyl (C=O) groups is 2. The molecule has 0 aliphatic heterocycles. The molecule has 0 spiro atoms. The van der Waals surface area contributed by atoms with Gasteiger partial charge in [0, 0.05) is 29.7 Å². The molecule has 0 saturated carbocycles. The van der Waals surface area contributed by atoms with Crippen LogP contribution in [0.2, 0.25) is 0 Å². The van der Waals surface area contributed by atoms with E-state index in [0.717, 1.165) is 16.4 Å². The molecule has 0 fully saturated rings. The fraction of sp³-hybridized carbons (Fsp3) is 0.233. The van der Waals surface area contributed by atoms with E-state index in [1.54, 1.807) is 60.8 Å². The monoisotopic (exact) mass is 608 g/mol. The van der Waals surface area contributed by atoms with Gasteiger partial charge in [0.15, 0.2) is 0 Å².